The standard InChI is InChI=1S/C28H37F3O3/c1-3-5-7-9-11-13-21-14-16-23(24(29)19-21)28(32)34-25-17-15-22(26(30)27(25)31)20-33-18-12-10-8-6-4-2/h14-17,19H,3-13,18,20H2,1-2H3. The van der Waals surface area contributed by atoms with Gasteiger partial charge in [-0.05, 0) is 49.1 Å². The van der Waals surface area contributed by atoms with Gasteiger partial charge < -0.3 is 9.47 Å². The number of hydrogen-bond donors (Lipinski definition) is 0. The van der Waals surface area contributed by atoms with Crippen LogP contribution in [0.5, 0.6) is 5.75 Å². The number of esters is 1. The maximum Gasteiger partial charge on any atom is 0.346 e. The summed E-state index contributed by atoms with van der Waals surface area (Å²) < 4.78 is 53.7. The van der Waals surface area contributed by atoms with Gasteiger partial charge >= 0.3 is 5.97 Å². The van der Waals surface area contributed by atoms with E-state index in [9.17, 15) is 18.0 Å². The molecule has 188 valence electrons. The SMILES string of the molecule is CCCCCCCOCc1ccc(OC(=O)c2ccc(CCCCCCC)cc2F)c(F)c1F. The number of ether oxygens (including phenoxy) is 2. The van der Waals surface area contributed by atoms with Gasteiger partial charge in [0.15, 0.2) is 11.6 Å². The molecule has 0 radical (unpaired) electrons. The molecule has 0 saturated carbocycles. The minimum atomic E-state index is -1.29. The Hall–Kier alpha value is -2.34. The molecule has 0 amide bonds. The number of unbranched alkanes of at least 4 members (excludes halogenated alkanes) is 8. The molecule has 34 heavy (non-hydrogen) atoms. The zero-order valence-corrected chi connectivity index (χ0v) is 20.4. The molecule has 0 heterocycles. The van der Waals surface area contributed by atoms with Gasteiger partial charge in [0, 0.05) is 12.2 Å². The first-order valence-corrected chi connectivity index (χ1v) is 12.5. The average Bonchev–Trinajstić information content (AvgIpc) is 2.82. The second-order valence-corrected chi connectivity index (χ2v) is 8.69. The molecule has 0 atom stereocenters. The highest BCUT2D eigenvalue weighted by atomic mass is 19.2. The van der Waals surface area contributed by atoms with E-state index in [2.05, 4.69) is 13.8 Å². The van der Waals surface area contributed by atoms with Crippen molar-refractivity contribution >= 4 is 5.97 Å². The summed E-state index contributed by atoms with van der Waals surface area (Å²) in [6.07, 6.45) is 11.6. The summed E-state index contributed by atoms with van der Waals surface area (Å²) >= 11 is 0. The number of benzene rings is 2. The predicted octanol–water partition coefficient (Wildman–Crippen LogP) is 8.32. The van der Waals surface area contributed by atoms with E-state index < -0.39 is 29.2 Å². The van der Waals surface area contributed by atoms with E-state index >= 15 is 0 Å². The molecule has 0 aromatic heterocycles. The van der Waals surface area contributed by atoms with Gasteiger partial charge in [-0.2, -0.15) is 4.39 Å². The molecule has 0 N–H and O–H groups in total. The second-order valence-electron chi connectivity index (χ2n) is 8.69. The third kappa shape index (κ3) is 9.13. The molecule has 0 spiro atoms. The molecule has 0 bridgehead atoms. The Morgan fingerprint density at radius 2 is 1.47 bits per heavy atom. The molecule has 0 aliphatic carbocycles. The molecule has 2 aromatic rings. The Morgan fingerprint density at radius 3 is 2.15 bits per heavy atom. The fourth-order valence-electron chi connectivity index (χ4n) is 3.72. The Morgan fingerprint density at radius 1 is 0.794 bits per heavy atom. The summed E-state index contributed by atoms with van der Waals surface area (Å²) in [5.41, 5.74) is 0.517. The van der Waals surface area contributed by atoms with Gasteiger partial charge in [0.05, 0.1) is 12.2 Å². The Labute approximate surface area is 201 Å². The van der Waals surface area contributed by atoms with Crippen LogP contribution in [0.15, 0.2) is 30.3 Å². The highest BCUT2D eigenvalue weighted by molar-refractivity contribution is 5.91. The molecular weight excluding hydrogens is 441 g/mol. The summed E-state index contributed by atoms with van der Waals surface area (Å²) in [7, 11) is 0. The first kappa shape index (κ1) is 27.9. The minimum Gasteiger partial charge on any atom is -0.420 e. The highest BCUT2D eigenvalue weighted by Crippen LogP contribution is 2.25. The Kier molecular flexibility index (Phi) is 12.8. The first-order valence-electron chi connectivity index (χ1n) is 12.5. The van der Waals surface area contributed by atoms with Crippen molar-refractivity contribution in [3.63, 3.8) is 0 Å². The van der Waals surface area contributed by atoms with Gasteiger partial charge in [0.2, 0.25) is 5.82 Å². The van der Waals surface area contributed by atoms with Crippen LogP contribution in [0.2, 0.25) is 0 Å². The van der Waals surface area contributed by atoms with Crippen molar-refractivity contribution in [3.8, 4) is 5.75 Å². The summed E-state index contributed by atoms with van der Waals surface area (Å²) in [6, 6.07) is 6.78. The molecule has 3 nitrogen and oxygen atoms in total. The predicted molar refractivity (Wildman–Crippen MR) is 129 cm³/mol. The lowest BCUT2D eigenvalue weighted by Crippen LogP contribution is -2.13. The fourth-order valence-corrected chi connectivity index (χ4v) is 3.72. The zero-order valence-electron chi connectivity index (χ0n) is 20.4. The van der Waals surface area contributed by atoms with E-state index in [-0.39, 0.29) is 17.7 Å². The van der Waals surface area contributed by atoms with Crippen LogP contribution in [-0.4, -0.2) is 12.6 Å². The molecule has 2 aromatic carbocycles. The van der Waals surface area contributed by atoms with Gasteiger partial charge in [-0.1, -0.05) is 71.3 Å². The molecular formula is C28H37F3O3. The van der Waals surface area contributed by atoms with Gasteiger partial charge in [-0.3, -0.25) is 0 Å². The molecule has 0 aliphatic heterocycles. The van der Waals surface area contributed by atoms with Crippen molar-refractivity contribution in [3.05, 3.63) is 64.5 Å². The van der Waals surface area contributed by atoms with Crippen LogP contribution >= 0.6 is 0 Å². The average molecular weight is 479 g/mol. The van der Waals surface area contributed by atoms with Crippen LogP contribution in [0.4, 0.5) is 13.2 Å². The van der Waals surface area contributed by atoms with Crippen molar-refractivity contribution in [1.82, 2.24) is 0 Å². The number of carbonyl (C=O) groups is 1. The monoisotopic (exact) mass is 478 g/mol. The van der Waals surface area contributed by atoms with Crippen LogP contribution in [-0.2, 0) is 17.8 Å². The largest absolute Gasteiger partial charge is 0.420 e. The van der Waals surface area contributed by atoms with Crippen LogP contribution in [0.25, 0.3) is 0 Å². The van der Waals surface area contributed by atoms with Crippen LogP contribution in [0.1, 0.15) is 99.5 Å². The highest BCUT2D eigenvalue weighted by Gasteiger charge is 2.20. The molecule has 6 heteroatoms. The van der Waals surface area contributed by atoms with Gasteiger partial charge in [0.1, 0.15) is 5.82 Å². The Balaban J connectivity index is 1.89. The van der Waals surface area contributed by atoms with Crippen molar-refractivity contribution in [2.24, 2.45) is 0 Å². The topological polar surface area (TPSA) is 35.5 Å². The van der Waals surface area contributed by atoms with Crippen LogP contribution in [0, 0.1) is 17.5 Å². The molecule has 0 saturated heterocycles. The minimum absolute atomic E-state index is 0.0420. The van der Waals surface area contributed by atoms with E-state index in [4.69, 9.17) is 9.47 Å². The number of hydrogen-bond acceptors (Lipinski definition) is 3. The Bertz CT molecular complexity index is 899. The van der Waals surface area contributed by atoms with Crippen LogP contribution < -0.4 is 4.74 Å². The normalized spacial score (nSPS) is 11.1. The number of aryl methyl sites for hydroxylation is 1. The summed E-state index contributed by atoms with van der Waals surface area (Å²) in [4.78, 5) is 12.4. The number of carbonyl (C=O) groups excluding carboxylic acids is 1. The third-order valence-corrected chi connectivity index (χ3v) is 5.80. The first-order chi connectivity index (χ1) is 16.5. The van der Waals surface area contributed by atoms with E-state index in [1.165, 1.54) is 37.1 Å². The van der Waals surface area contributed by atoms with Gasteiger partial charge in [-0.25, -0.2) is 13.6 Å². The summed E-state index contributed by atoms with van der Waals surface area (Å²) in [6.45, 7) is 4.68. The van der Waals surface area contributed by atoms with Gasteiger partial charge in [-0.15, -0.1) is 0 Å². The van der Waals surface area contributed by atoms with E-state index in [1.54, 1.807) is 6.07 Å². The van der Waals surface area contributed by atoms with Crippen molar-refractivity contribution in [1.29, 1.82) is 0 Å². The number of halogens is 3. The van der Waals surface area contributed by atoms with E-state index in [1.807, 2.05) is 0 Å². The van der Waals surface area contributed by atoms with Crippen molar-refractivity contribution in [2.75, 3.05) is 6.61 Å². The molecule has 0 aliphatic rings. The van der Waals surface area contributed by atoms with Gasteiger partial charge in [0.25, 0.3) is 0 Å². The van der Waals surface area contributed by atoms with Crippen molar-refractivity contribution < 1.29 is 27.4 Å². The quantitative estimate of drug-likeness (QED) is 0.138. The molecule has 0 fully saturated rings. The maximum atomic E-state index is 14.5. The molecule has 2 rings (SSSR count). The maximum absolute atomic E-state index is 14.5. The third-order valence-electron chi connectivity index (χ3n) is 5.80. The van der Waals surface area contributed by atoms with Crippen molar-refractivity contribution in [2.45, 2.75) is 91.1 Å². The van der Waals surface area contributed by atoms with E-state index in [0.29, 0.717) is 6.61 Å². The molecule has 0 unspecified atom stereocenters. The zero-order chi connectivity index (χ0) is 24.8. The van der Waals surface area contributed by atoms with Crippen LogP contribution in [0.3, 0.4) is 0 Å². The number of rotatable bonds is 16. The fraction of sp³-hybridized carbons (Fsp3) is 0.536. The summed E-state index contributed by atoms with van der Waals surface area (Å²) in [5, 5.41) is 0. The smallest absolute Gasteiger partial charge is 0.346 e. The second kappa shape index (κ2) is 15.5. The lowest BCUT2D eigenvalue weighted by atomic mass is 10.0. The lowest BCUT2D eigenvalue weighted by Gasteiger charge is -2.11. The van der Waals surface area contributed by atoms with E-state index in [0.717, 1.165) is 63.4 Å². The lowest BCUT2D eigenvalue weighted by molar-refractivity contribution is 0.0721. The summed E-state index contributed by atoms with van der Waals surface area (Å²) in [5.74, 6) is -4.80.